The van der Waals surface area contributed by atoms with E-state index in [1.54, 1.807) is 25.1 Å². The maximum absolute atomic E-state index is 13.1. The van der Waals surface area contributed by atoms with Crippen LogP contribution in [-0.4, -0.2) is 22.4 Å². The fourth-order valence-electron chi connectivity index (χ4n) is 3.05. The molecule has 0 aliphatic heterocycles. The van der Waals surface area contributed by atoms with Gasteiger partial charge in [-0.25, -0.2) is 4.98 Å². The number of anilines is 1. The molecule has 1 aliphatic rings. The van der Waals surface area contributed by atoms with Crippen molar-refractivity contribution in [1.29, 1.82) is 0 Å². The number of hydrogen-bond donors (Lipinski definition) is 0. The van der Waals surface area contributed by atoms with Crippen LogP contribution in [0.1, 0.15) is 39.3 Å². The van der Waals surface area contributed by atoms with Crippen molar-refractivity contribution >= 4 is 28.1 Å². The molecule has 25 heavy (non-hydrogen) atoms. The number of nitrogens with zero attached hydrogens (tertiary/aromatic N) is 3. The van der Waals surface area contributed by atoms with Crippen molar-refractivity contribution in [1.82, 2.24) is 4.98 Å². The van der Waals surface area contributed by atoms with Crippen molar-refractivity contribution in [2.24, 2.45) is 0 Å². The van der Waals surface area contributed by atoms with E-state index in [-0.39, 0.29) is 17.8 Å². The molecule has 0 atom stereocenters. The number of rotatable bonds is 5. The summed E-state index contributed by atoms with van der Waals surface area (Å²) in [5.74, 6) is -0.415. The van der Waals surface area contributed by atoms with Crippen LogP contribution >= 0.6 is 11.3 Å². The second kappa shape index (κ2) is 7.14. The van der Waals surface area contributed by atoms with Gasteiger partial charge >= 0.3 is 0 Å². The third kappa shape index (κ3) is 3.32. The van der Waals surface area contributed by atoms with Gasteiger partial charge in [-0.1, -0.05) is 18.2 Å². The van der Waals surface area contributed by atoms with Crippen LogP contribution in [0.2, 0.25) is 0 Å². The van der Waals surface area contributed by atoms with Gasteiger partial charge in [0.25, 0.3) is 11.6 Å². The molecule has 0 bridgehead atoms. The van der Waals surface area contributed by atoms with Crippen LogP contribution in [-0.2, 0) is 12.8 Å². The number of benzene rings is 1. The molecule has 0 spiro atoms. The third-order valence-corrected chi connectivity index (χ3v) is 5.45. The summed E-state index contributed by atoms with van der Waals surface area (Å²) >= 11 is 1.50. The molecule has 1 aromatic carbocycles. The second-order valence-corrected chi connectivity index (χ2v) is 7.07. The van der Waals surface area contributed by atoms with Crippen LogP contribution < -0.4 is 4.90 Å². The van der Waals surface area contributed by atoms with E-state index in [1.165, 1.54) is 27.2 Å². The van der Waals surface area contributed by atoms with Crippen LogP contribution in [0.3, 0.4) is 0 Å². The first-order valence-corrected chi connectivity index (χ1v) is 9.00. The number of fused-ring (bicyclic) bond motifs is 1. The highest BCUT2D eigenvalue weighted by atomic mass is 32.1. The molecule has 0 saturated carbocycles. The average Bonchev–Trinajstić information content (AvgIpc) is 3.02. The Kier molecular flexibility index (Phi) is 4.94. The average molecular weight is 357 g/mol. The zero-order chi connectivity index (χ0) is 18.0. The monoisotopic (exact) mass is 357 g/mol. The summed E-state index contributed by atoms with van der Waals surface area (Å²) in [6.07, 6.45) is 5.75. The summed E-state index contributed by atoms with van der Waals surface area (Å²) < 4.78 is 0. The number of thiazole rings is 1. The number of para-hydroxylation sites is 1. The van der Waals surface area contributed by atoms with Gasteiger partial charge in [0.15, 0.2) is 5.13 Å². The number of nitro groups is 1. The molecule has 0 saturated heterocycles. The van der Waals surface area contributed by atoms with Crippen LogP contribution in [0.25, 0.3) is 0 Å². The minimum absolute atomic E-state index is 0.0834. The maximum Gasteiger partial charge on any atom is 0.285 e. The van der Waals surface area contributed by atoms with Gasteiger partial charge in [0, 0.05) is 17.0 Å². The number of amides is 1. The molecular weight excluding hydrogens is 338 g/mol. The van der Waals surface area contributed by atoms with E-state index in [4.69, 9.17) is 0 Å². The molecule has 0 fully saturated rings. The first-order valence-electron chi connectivity index (χ1n) is 8.18. The number of carbonyl (C=O) groups is 1. The molecule has 2 aromatic rings. The molecule has 0 radical (unpaired) electrons. The van der Waals surface area contributed by atoms with Crippen molar-refractivity contribution in [3.05, 3.63) is 62.7 Å². The minimum Gasteiger partial charge on any atom is -0.280 e. The van der Waals surface area contributed by atoms with E-state index >= 15 is 0 Å². The highest BCUT2D eigenvalue weighted by molar-refractivity contribution is 7.16. The van der Waals surface area contributed by atoms with Crippen molar-refractivity contribution in [2.75, 3.05) is 11.4 Å². The summed E-state index contributed by atoms with van der Waals surface area (Å²) in [6.45, 7) is 5.60. The van der Waals surface area contributed by atoms with Gasteiger partial charge in [0.2, 0.25) is 0 Å². The fourth-order valence-corrected chi connectivity index (χ4v) is 4.21. The molecule has 0 unspecified atom stereocenters. The largest absolute Gasteiger partial charge is 0.285 e. The predicted molar refractivity (Wildman–Crippen MR) is 98.5 cm³/mol. The van der Waals surface area contributed by atoms with Crippen LogP contribution in [0.15, 0.2) is 30.9 Å². The number of carbonyl (C=O) groups excluding carboxylic acids is 1. The Bertz CT molecular complexity index is 821. The predicted octanol–water partition coefficient (Wildman–Crippen LogP) is 4.07. The van der Waals surface area contributed by atoms with Gasteiger partial charge in [0.1, 0.15) is 5.56 Å². The van der Waals surface area contributed by atoms with Crippen molar-refractivity contribution in [3.63, 3.8) is 0 Å². The number of aryl methyl sites for hydroxylation is 3. The topological polar surface area (TPSA) is 76.3 Å². The van der Waals surface area contributed by atoms with Gasteiger partial charge in [-0.15, -0.1) is 17.9 Å². The Morgan fingerprint density at radius 2 is 2.20 bits per heavy atom. The highest BCUT2D eigenvalue weighted by Gasteiger charge is 2.29. The molecule has 1 aromatic heterocycles. The minimum atomic E-state index is -0.498. The van der Waals surface area contributed by atoms with E-state index in [0.29, 0.717) is 10.7 Å². The highest BCUT2D eigenvalue weighted by Crippen LogP contribution is 2.33. The van der Waals surface area contributed by atoms with Gasteiger partial charge < -0.3 is 0 Å². The van der Waals surface area contributed by atoms with Gasteiger partial charge in [-0.05, 0) is 38.7 Å². The van der Waals surface area contributed by atoms with Crippen molar-refractivity contribution in [3.8, 4) is 0 Å². The second-order valence-electron chi connectivity index (χ2n) is 6.01. The number of aromatic nitrogens is 1. The van der Waals surface area contributed by atoms with E-state index < -0.39 is 10.8 Å². The summed E-state index contributed by atoms with van der Waals surface area (Å²) in [6, 6.07) is 4.79. The standard InChI is InChI=1S/C18H19N3O3S/c1-3-11-20(18-19-14-9-4-5-10-15(14)25-18)17(22)13-8-6-7-12(2)16(13)21(23)24/h3,6-8H,1,4-5,9-11H2,2H3. The summed E-state index contributed by atoms with van der Waals surface area (Å²) in [5, 5.41) is 12.0. The van der Waals surface area contributed by atoms with Gasteiger partial charge in [0.05, 0.1) is 10.6 Å². The fraction of sp³-hybridized carbons (Fsp3) is 0.333. The summed E-state index contributed by atoms with van der Waals surface area (Å²) in [4.78, 5) is 31.3. The SMILES string of the molecule is C=CCN(C(=O)c1cccc(C)c1[N+](=O)[O-])c1nc2c(s1)CCCC2. The number of nitro benzene ring substituents is 1. The lowest BCUT2D eigenvalue weighted by Gasteiger charge is -2.18. The normalized spacial score (nSPS) is 13.2. The van der Waals surface area contributed by atoms with E-state index in [1.807, 2.05) is 0 Å². The zero-order valence-electron chi connectivity index (χ0n) is 14.0. The third-order valence-electron chi connectivity index (χ3n) is 4.27. The van der Waals surface area contributed by atoms with E-state index in [2.05, 4.69) is 11.6 Å². The lowest BCUT2D eigenvalue weighted by molar-refractivity contribution is -0.385. The summed E-state index contributed by atoms with van der Waals surface area (Å²) in [5.41, 5.74) is 1.45. The molecule has 3 rings (SSSR count). The smallest absolute Gasteiger partial charge is 0.280 e. The number of hydrogen-bond acceptors (Lipinski definition) is 5. The Balaban J connectivity index is 2.03. The van der Waals surface area contributed by atoms with Gasteiger partial charge in [-0.3, -0.25) is 19.8 Å². The Morgan fingerprint density at radius 1 is 1.44 bits per heavy atom. The van der Waals surface area contributed by atoms with E-state index in [9.17, 15) is 14.9 Å². The molecule has 7 heteroatoms. The lowest BCUT2D eigenvalue weighted by atomic mass is 10.0. The lowest BCUT2D eigenvalue weighted by Crippen LogP contribution is -2.31. The molecular formula is C18H19N3O3S. The molecule has 6 nitrogen and oxygen atoms in total. The Hall–Kier alpha value is -2.54. The van der Waals surface area contributed by atoms with Crippen molar-refractivity contribution < 1.29 is 9.72 Å². The maximum atomic E-state index is 13.1. The zero-order valence-corrected chi connectivity index (χ0v) is 14.8. The Morgan fingerprint density at radius 3 is 2.88 bits per heavy atom. The van der Waals surface area contributed by atoms with Crippen LogP contribution in [0.5, 0.6) is 0 Å². The summed E-state index contributed by atoms with van der Waals surface area (Å²) in [7, 11) is 0. The first kappa shape index (κ1) is 17.3. The Labute approximate surface area is 150 Å². The molecule has 0 N–H and O–H groups in total. The van der Waals surface area contributed by atoms with Crippen molar-refractivity contribution in [2.45, 2.75) is 32.6 Å². The molecule has 1 heterocycles. The van der Waals surface area contributed by atoms with E-state index in [0.717, 1.165) is 31.4 Å². The van der Waals surface area contributed by atoms with Gasteiger partial charge in [-0.2, -0.15) is 0 Å². The molecule has 130 valence electrons. The molecule has 1 aliphatic carbocycles. The van der Waals surface area contributed by atoms with Crippen LogP contribution in [0, 0.1) is 17.0 Å². The van der Waals surface area contributed by atoms with Crippen LogP contribution in [0.4, 0.5) is 10.8 Å². The first-order chi connectivity index (χ1) is 12.0. The quantitative estimate of drug-likeness (QED) is 0.459. The molecule has 1 amide bonds.